The minimum absolute atomic E-state index is 0.0443. The van der Waals surface area contributed by atoms with Crippen LogP contribution in [0.4, 0.5) is 0 Å². The lowest BCUT2D eigenvalue weighted by Gasteiger charge is -2.21. The summed E-state index contributed by atoms with van der Waals surface area (Å²) in [7, 11) is 0. The van der Waals surface area contributed by atoms with Crippen molar-refractivity contribution in [2.45, 2.75) is 40.5 Å². The Morgan fingerprint density at radius 3 is 2.47 bits per heavy atom. The van der Waals surface area contributed by atoms with E-state index in [0.29, 0.717) is 6.42 Å². The van der Waals surface area contributed by atoms with Gasteiger partial charge in [0.2, 0.25) is 0 Å². The van der Waals surface area contributed by atoms with E-state index < -0.39 is 5.97 Å². The number of aliphatic carboxylic acids is 1. The van der Waals surface area contributed by atoms with Crippen LogP contribution in [0.5, 0.6) is 0 Å². The molecule has 2 nitrogen and oxygen atoms in total. The van der Waals surface area contributed by atoms with E-state index in [0.717, 1.165) is 12.0 Å². The van der Waals surface area contributed by atoms with Crippen LogP contribution in [-0.4, -0.2) is 11.1 Å². The number of hydrogen-bond donors (Lipinski definition) is 1. The van der Waals surface area contributed by atoms with Gasteiger partial charge >= 0.3 is 5.97 Å². The molecular weight excluding hydrogens is 188 g/mol. The van der Waals surface area contributed by atoms with E-state index in [1.807, 2.05) is 13.0 Å². The number of allylic oxidation sites excluding steroid dienone is 3. The molecule has 0 saturated carbocycles. The molecule has 0 fully saturated rings. The average molecular weight is 210 g/mol. The van der Waals surface area contributed by atoms with Crippen LogP contribution in [0, 0.1) is 11.3 Å². The lowest BCUT2D eigenvalue weighted by atomic mass is 9.84. The van der Waals surface area contributed by atoms with Crippen LogP contribution in [0.15, 0.2) is 24.3 Å². The third-order valence-electron chi connectivity index (χ3n) is 2.46. The lowest BCUT2D eigenvalue weighted by molar-refractivity contribution is -0.141. The SMILES string of the molecule is C=C(C)/C=C/C(C)(C)CC[C@H](C)C(=O)O. The molecule has 0 heterocycles. The van der Waals surface area contributed by atoms with Crippen LogP contribution in [0.2, 0.25) is 0 Å². The first kappa shape index (κ1) is 13.9. The second-order valence-corrected chi connectivity index (χ2v) is 4.95. The van der Waals surface area contributed by atoms with Crippen molar-refractivity contribution >= 4 is 5.97 Å². The quantitative estimate of drug-likeness (QED) is 0.679. The Kier molecular flexibility index (Phi) is 5.34. The number of carboxylic acids is 1. The molecule has 0 bridgehead atoms. The van der Waals surface area contributed by atoms with Crippen LogP contribution >= 0.6 is 0 Å². The van der Waals surface area contributed by atoms with E-state index in [1.165, 1.54) is 0 Å². The summed E-state index contributed by atoms with van der Waals surface area (Å²) in [4.78, 5) is 10.7. The molecule has 0 aliphatic heterocycles. The zero-order valence-electron chi connectivity index (χ0n) is 10.2. The molecule has 15 heavy (non-hydrogen) atoms. The van der Waals surface area contributed by atoms with E-state index >= 15 is 0 Å². The van der Waals surface area contributed by atoms with E-state index in [-0.39, 0.29) is 11.3 Å². The summed E-state index contributed by atoms with van der Waals surface area (Å²) >= 11 is 0. The van der Waals surface area contributed by atoms with Gasteiger partial charge in [-0.2, -0.15) is 0 Å². The highest BCUT2D eigenvalue weighted by Gasteiger charge is 2.18. The molecule has 0 spiro atoms. The Bertz CT molecular complexity index is 262. The number of carbonyl (C=O) groups is 1. The lowest BCUT2D eigenvalue weighted by Crippen LogP contribution is -2.14. The van der Waals surface area contributed by atoms with Gasteiger partial charge in [-0.05, 0) is 25.2 Å². The summed E-state index contributed by atoms with van der Waals surface area (Å²) < 4.78 is 0. The predicted octanol–water partition coefficient (Wildman–Crippen LogP) is 3.65. The molecule has 0 saturated heterocycles. The van der Waals surface area contributed by atoms with E-state index in [1.54, 1.807) is 6.92 Å². The Balaban J connectivity index is 4.15. The van der Waals surface area contributed by atoms with Gasteiger partial charge in [-0.25, -0.2) is 0 Å². The van der Waals surface area contributed by atoms with Gasteiger partial charge in [-0.15, -0.1) is 0 Å². The van der Waals surface area contributed by atoms with Gasteiger partial charge in [-0.3, -0.25) is 4.79 Å². The molecule has 0 radical (unpaired) electrons. The summed E-state index contributed by atoms with van der Waals surface area (Å²) in [5.74, 6) is -0.975. The Labute approximate surface area is 92.7 Å². The van der Waals surface area contributed by atoms with Crippen LogP contribution < -0.4 is 0 Å². The van der Waals surface area contributed by atoms with Crippen molar-refractivity contribution in [2.75, 3.05) is 0 Å². The van der Waals surface area contributed by atoms with Gasteiger partial charge in [0.1, 0.15) is 0 Å². The molecule has 0 amide bonds. The summed E-state index contributed by atoms with van der Waals surface area (Å²) in [5.41, 5.74) is 1.07. The standard InChI is InChI=1S/C13H22O2/c1-10(2)6-8-13(4,5)9-7-11(3)12(14)15/h6,8,11H,1,7,9H2,2-5H3,(H,14,15)/b8-6+/t11-/m0/s1. The van der Waals surface area contributed by atoms with Crippen molar-refractivity contribution in [3.8, 4) is 0 Å². The zero-order valence-corrected chi connectivity index (χ0v) is 10.2. The van der Waals surface area contributed by atoms with Gasteiger partial charge < -0.3 is 5.11 Å². The molecule has 2 heteroatoms. The average Bonchev–Trinajstić information content (AvgIpc) is 2.11. The van der Waals surface area contributed by atoms with E-state index in [9.17, 15) is 4.79 Å². The number of carboxylic acid groups (broad SMARTS) is 1. The minimum atomic E-state index is -0.713. The molecule has 0 aromatic heterocycles. The van der Waals surface area contributed by atoms with Crippen molar-refractivity contribution < 1.29 is 9.90 Å². The highest BCUT2D eigenvalue weighted by Crippen LogP contribution is 2.26. The van der Waals surface area contributed by atoms with Gasteiger partial charge in [0.15, 0.2) is 0 Å². The Morgan fingerprint density at radius 1 is 1.53 bits per heavy atom. The molecule has 1 N–H and O–H groups in total. The Morgan fingerprint density at radius 2 is 2.07 bits per heavy atom. The molecule has 86 valence electrons. The van der Waals surface area contributed by atoms with Gasteiger partial charge in [0.25, 0.3) is 0 Å². The van der Waals surface area contributed by atoms with Crippen molar-refractivity contribution in [2.24, 2.45) is 11.3 Å². The van der Waals surface area contributed by atoms with E-state index in [2.05, 4.69) is 26.5 Å². The first-order valence-corrected chi connectivity index (χ1v) is 5.32. The van der Waals surface area contributed by atoms with Crippen LogP contribution in [0.3, 0.4) is 0 Å². The fraction of sp³-hybridized carbons (Fsp3) is 0.615. The molecule has 0 aromatic carbocycles. The number of hydrogen-bond acceptors (Lipinski definition) is 1. The third kappa shape index (κ3) is 6.95. The molecule has 0 aromatic rings. The molecule has 0 rings (SSSR count). The van der Waals surface area contributed by atoms with Gasteiger partial charge in [0.05, 0.1) is 5.92 Å². The molecular formula is C13H22O2. The Hall–Kier alpha value is -1.05. The van der Waals surface area contributed by atoms with Crippen molar-refractivity contribution in [1.29, 1.82) is 0 Å². The van der Waals surface area contributed by atoms with Crippen molar-refractivity contribution in [3.05, 3.63) is 24.3 Å². The summed E-state index contributed by atoms with van der Waals surface area (Å²) in [6, 6.07) is 0. The first-order chi connectivity index (χ1) is 6.74. The topological polar surface area (TPSA) is 37.3 Å². The fourth-order valence-corrected chi connectivity index (χ4v) is 1.16. The fourth-order valence-electron chi connectivity index (χ4n) is 1.16. The smallest absolute Gasteiger partial charge is 0.306 e. The minimum Gasteiger partial charge on any atom is -0.481 e. The highest BCUT2D eigenvalue weighted by atomic mass is 16.4. The molecule has 1 atom stereocenters. The molecule has 0 aliphatic rings. The van der Waals surface area contributed by atoms with Crippen LogP contribution in [0.25, 0.3) is 0 Å². The monoisotopic (exact) mass is 210 g/mol. The largest absolute Gasteiger partial charge is 0.481 e. The second-order valence-electron chi connectivity index (χ2n) is 4.95. The maximum atomic E-state index is 10.7. The summed E-state index contributed by atoms with van der Waals surface area (Å²) in [6.45, 7) is 11.7. The molecule has 0 unspecified atom stereocenters. The van der Waals surface area contributed by atoms with E-state index in [4.69, 9.17) is 5.11 Å². The summed E-state index contributed by atoms with van der Waals surface area (Å²) in [5, 5.41) is 8.76. The number of rotatable bonds is 6. The zero-order chi connectivity index (χ0) is 12.1. The predicted molar refractivity (Wildman–Crippen MR) is 63.8 cm³/mol. The first-order valence-electron chi connectivity index (χ1n) is 5.32. The highest BCUT2D eigenvalue weighted by molar-refractivity contribution is 5.69. The second kappa shape index (κ2) is 5.74. The van der Waals surface area contributed by atoms with Crippen molar-refractivity contribution in [1.82, 2.24) is 0 Å². The maximum absolute atomic E-state index is 10.7. The van der Waals surface area contributed by atoms with Gasteiger partial charge in [0, 0.05) is 0 Å². The normalized spacial score (nSPS) is 14.1. The van der Waals surface area contributed by atoms with Crippen LogP contribution in [0.1, 0.15) is 40.5 Å². The maximum Gasteiger partial charge on any atom is 0.306 e. The van der Waals surface area contributed by atoms with Crippen molar-refractivity contribution in [3.63, 3.8) is 0 Å². The van der Waals surface area contributed by atoms with Crippen LogP contribution in [-0.2, 0) is 4.79 Å². The van der Waals surface area contributed by atoms with Gasteiger partial charge in [-0.1, -0.05) is 45.1 Å². The molecule has 0 aliphatic carbocycles. The summed E-state index contributed by atoms with van der Waals surface area (Å²) in [6.07, 6.45) is 5.68. The third-order valence-corrected chi connectivity index (χ3v) is 2.46.